The normalized spacial score (nSPS) is 35.7. The van der Waals surface area contributed by atoms with Gasteiger partial charge >= 0.3 is 0 Å². The molecule has 2 fully saturated rings. The fourth-order valence-corrected chi connectivity index (χ4v) is 4.94. The van der Waals surface area contributed by atoms with Gasteiger partial charge in [0.1, 0.15) is 0 Å². The van der Waals surface area contributed by atoms with Crippen LogP contribution in [0.15, 0.2) is 0 Å². The van der Waals surface area contributed by atoms with Crippen molar-refractivity contribution in [2.45, 2.75) is 84.1 Å². The molecular weight excluding hydrogens is 244 g/mol. The fraction of sp³-hybridized carbons (Fsp3) is 1.00. The average Bonchev–Trinajstić information content (AvgIpc) is 2.65. The van der Waals surface area contributed by atoms with Gasteiger partial charge in [0.05, 0.1) is 0 Å². The predicted molar refractivity (Wildman–Crippen MR) is 87.9 cm³/mol. The molecule has 1 heterocycles. The minimum absolute atomic E-state index is 0.270. The Bertz CT molecular complexity index is 300. The Labute approximate surface area is 126 Å². The number of nitrogens with two attached hydrogens (primary N) is 1. The molecule has 0 bridgehead atoms. The van der Waals surface area contributed by atoms with E-state index in [0.29, 0.717) is 5.41 Å². The Morgan fingerprint density at radius 3 is 2.45 bits per heavy atom. The summed E-state index contributed by atoms with van der Waals surface area (Å²) in [5.41, 5.74) is 7.00. The van der Waals surface area contributed by atoms with Crippen LogP contribution >= 0.6 is 0 Å². The van der Waals surface area contributed by atoms with E-state index in [-0.39, 0.29) is 5.54 Å². The van der Waals surface area contributed by atoms with Crippen LogP contribution in [0.1, 0.15) is 78.6 Å². The summed E-state index contributed by atoms with van der Waals surface area (Å²) >= 11 is 0. The minimum atomic E-state index is 0.270. The molecular formula is C18H36N2. The zero-order valence-electron chi connectivity index (χ0n) is 14.1. The van der Waals surface area contributed by atoms with Gasteiger partial charge in [-0.3, -0.25) is 4.90 Å². The summed E-state index contributed by atoms with van der Waals surface area (Å²) in [6.07, 6.45) is 12.4. The molecule has 1 aliphatic carbocycles. The molecule has 1 saturated heterocycles. The molecule has 2 heteroatoms. The van der Waals surface area contributed by atoms with Gasteiger partial charge in [0, 0.05) is 12.1 Å². The molecule has 0 aromatic carbocycles. The third-order valence-electron chi connectivity index (χ3n) is 6.39. The van der Waals surface area contributed by atoms with Crippen LogP contribution in [-0.2, 0) is 0 Å². The van der Waals surface area contributed by atoms with Crippen molar-refractivity contribution in [3.05, 3.63) is 0 Å². The van der Waals surface area contributed by atoms with Gasteiger partial charge in [0.2, 0.25) is 0 Å². The van der Waals surface area contributed by atoms with E-state index in [4.69, 9.17) is 5.73 Å². The molecule has 2 atom stereocenters. The zero-order valence-corrected chi connectivity index (χ0v) is 14.1. The van der Waals surface area contributed by atoms with Crippen LogP contribution in [0.3, 0.4) is 0 Å². The summed E-state index contributed by atoms with van der Waals surface area (Å²) in [6.45, 7) is 10.7. The molecule has 2 unspecified atom stereocenters. The summed E-state index contributed by atoms with van der Waals surface area (Å²) in [5.74, 6) is 0.964. The van der Waals surface area contributed by atoms with E-state index in [1.165, 1.54) is 70.9 Å². The van der Waals surface area contributed by atoms with Crippen LogP contribution in [0, 0.1) is 11.3 Å². The minimum Gasteiger partial charge on any atom is -0.329 e. The average molecular weight is 280 g/mol. The molecule has 1 aliphatic heterocycles. The topological polar surface area (TPSA) is 29.3 Å². The van der Waals surface area contributed by atoms with Gasteiger partial charge < -0.3 is 5.73 Å². The number of likely N-dealkylation sites (tertiary alicyclic amines) is 1. The Morgan fingerprint density at radius 2 is 1.80 bits per heavy atom. The maximum absolute atomic E-state index is 6.35. The van der Waals surface area contributed by atoms with Crippen molar-refractivity contribution < 1.29 is 0 Å². The van der Waals surface area contributed by atoms with Crippen LogP contribution < -0.4 is 5.73 Å². The highest BCUT2D eigenvalue weighted by Crippen LogP contribution is 2.47. The lowest BCUT2D eigenvalue weighted by Gasteiger charge is -2.56. The first-order valence-corrected chi connectivity index (χ1v) is 9.01. The van der Waals surface area contributed by atoms with Crippen LogP contribution in [0.5, 0.6) is 0 Å². The second kappa shape index (κ2) is 6.79. The smallest absolute Gasteiger partial charge is 0.0382 e. The molecule has 1 saturated carbocycles. The monoisotopic (exact) mass is 280 g/mol. The standard InChI is InChI=1S/C18H36N2/c1-4-8-16-9-7-13-20(14-10-16)18(15-19)12-6-5-11-17(18,2)3/h16H,4-15,19H2,1-3H3. The first-order valence-electron chi connectivity index (χ1n) is 9.01. The Balaban J connectivity index is 2.10. The highest BCUT2D eigenvalue weighted by molar-refractivity contribution is 5.05. The van der Waals surface area contributed by atoms with E-state index < -0.39 is 0 Å². The fourth-order valence-electron chi connectivity index (χ4n) is 4.94. The summed E-state index contributed by atoms with van der Waals surface area (Å²) in [4.78, 5) is 2.81. The molecule has 0 aromatic rings. The second-order valence-electron chi connectivity index (χ2n) is 7.90. The van der Waals surface area contributed by atoms with E-state index in [1.807, 2.05) is 0 Å². The molecule has 20 heavy (non-hydrogen) atoms. The Hall–Kier alpha value is -0.0800. The Morgan fingerprint density at radius 1 is 1.05 bits per heavy atom. The van der Waals surface area contributed by atoms with E-state index in [1.54, 1.807) is 0 Å². The van der Waals surface area contributed by atoms with Gasteiger partial charge in [-0.1, -0.05) is 46.5 Å². The highest BCUT2D eigenvalue weighted by atomic mass is 15.2. The molecule has 0 spiro atoms. The number of hydrogen-bond donors (Lipinski definition) is 1. The molecule has 2 N–H and O–H groups in total. The maximum Gasteiger partial charge on any atom is 0.0382 e. The number of rotatable bonds is 4. The zero-order chi connectivity index (χ0) is 14.6. The van der Waals surface area contributed by atoms with Crippen LogP contribution in [-0.4, -0.2) is 30.1 Å². The van der Waals surface area contributed by atoms with Crippen LogP contribution in [0.25, 0.3) is 0 Å². The second-order valence-corrected chi connectivity index (χ2v) is 7.90. The highest BCUT2D eigenvalue weighted by Gasteiger charge is 2.49. The number of nitrogens with zero attached hydrogens (tertiary/aromatic N) is 1. The molecule has 0 amide bonds. The SMILES string of the molecule is CCCC1CCCN(C2(CN)CCCCC2(C)C)CC1. The van der Waals surface area contributed by atoms with Crippen molar-refractivity contribution in [1.82, 2.24) is 4.90 Å². The summed E-state index contributed by atoms with van der Waals surface area (Å²) in [6, 6.07) is 0. The summed E-state index contributed by atoms with van der Waals surface area (Å²) < 4.78 is 0. The lowest BCUT2D eigenvalue weighted by molar-refractivity contribution is -0.0427. The van der Waals surface area contributed by atoms with Crippen LogP contribution in [0.4, 0.5) is 0 Å². The predicted octanol–water partition coefficient (Wildman–Crippen LogP) is 4.19. The molecule has 2 rings (SSSR count). The maximum atomic E-state index is 6.35. The van der Waals surface area contributed by atoms with Crippen molar-refractivity contribution in [2.75, 3.05) is 19.6 Å². The first kappa shape index (κ1) is 16.3. The molecule has 2 nitrogen and oxygen atoms in total. The lowest BCUT2D eigenvalue weighted by Crippen LogP contribution is -2.63. The van der Waals surface area contributed by atoms with Gasteiger partial charge in [-0.05, 0) is 56.5 Å². The van der Waals surface area contributed by atoms with Crippen LogP contribution in [0.2, 0.25) is 0 Å². The molecule has 0 radical (unpaired) electrons. The molecule has 2 aliphatic rings. The molecule has 118 valence electrons. The van der Waals surface area contributed by atoms with E-state index in [0.717, 1.165) is 12.5 Å². The van der Waals surface area contributed by atoms with Gasteiger partial charge in [-0.25, -0.2) is 0 Å². The van der Waals surface area contributed by atoms with E-state index in [9.17, 15) is 0 Å². The third kappa shape index (κ3) is 3.06. The van der Waals surface area contributed by atoms with Gasteiger partial charge in [-0.15, -0.1) is 0 Å². The van der Waals surface area contributed by atoms with Gasteiger partial charge in [-0.2, -0.15) is 0 Å². The van der Waals surface area contributed by atoms with E-state index in [2.05, 4.69) is 25.7 Å². The van der Waals surface area contributed by atoms with Gasteiger partial charge in [0.25, 0.3) is 0 Å². The van der Waals surface area contributed by atoms with Crippen molar-refractivity contribution in [3.8, 4) is 0 Å². The van der Waals surface area contributed by atoms with Crippen molar-refractivity contribution >= 4 is 0 Å². The van der Waals surface area contributed by atoms with E-state index >= 15 is 0 Å². The van der Waals surface area contributed by atoms with Crippen molar-refractivity contribution in [1.29, 1.82) is 0 Å². The third-order valence-corrected chi connectivity index (χ3v) is 6.39. The van der Waals surface area contributed by atoms with Crippen molar-refractivity contribution in [3.63, 3.8) is 0 Å². The number of hydrogen-bond acceptors (Lipinski definition) is 2. The van der Waals surface area contributed by atoms with Crippen molar-refractivity contribution in [2.24, 2.45) is 17.1 Å². The summed E-state index contributed by atoms with van der Waals surface area (Å²) in [7, 11) is 0. The first-order chi connectivity index (χ1) is 9.55. The largest absolute Gasteiger partial charge is 0.329 e. The van der Waals surface area contributed by atoms with Gasteiger partial charge in [0.15, 0.2) is 0 Å². The molecule has 0 aromatic heterocycles. The quantitative estimate of drug-likeness (QED) is 0.837. The summed E-state index contributed by atoms with van der Waals surface area (Å²) in [5, 5.41) is 0. The Kier molecular flexibility index (Phi) is 5.53. The lowest BCUT2D eigenvalue weighted by atomic mass is 9.62.